The van der Waals surface area contributed by atoms with Crippen LogP contribution >= 0.6 is 0 Å². The number of likely N-dealkylation sites (N-methyl/N-ethyl adjacent to an activating group) is 1. The monoisotopic (exact) mass is 278 g/mol. The summed E-state index contributed by atoms with van der Waals surface area (Å²) < 4.78 is 5.05. The summed E-state index contributed by atoms with van der Waals surface area (Å²) in [5, 5.41) is 5.14. The van der Waals surface area contributed by atoms with Gasteiger partial charge in [-0.3, -0.25) is 10.1 Å². The van der Waals surface area contributed by atoms with Crippen molar-refractivity contribution in [1.29, 1.82) is 0 Å². The molecule has 0 radical (unpaired) electrons. The van der Waals surface area contributed by atoms with Crippen molar-refractivity contribution in [2.75, 3.05) is 7.05 Å². The van der Waals surface area contributed by atoms with Crippen LogP contribution in [0.25, 0.3) is 0 Å². The number of imide groups is 1. The zero-order chi connectivity index (χ0) is 15.2. The molecule has 20 heavy (non-hydrogen) atoms. The van der Waals surface area contributed by atoms with E-state index >= 15 is 0 Å². The van der Waals surface area contributed by atoms with Gasteiger partial charge in [0.05, 0.1) is 6.04 Å². The van der Waals surface area contributed by atoms with E-state index in [1.54, 1.807) is 27.8 Å². The molecule has 2 amide bonds. The van der Waals surface area contributed by atoms with Gasteiger partial charge >= 0.3 is 6.09 Å². The van der Waals surface area contributed by atoms with Crippen LogP contribution in [0.1, 0.15) is 26.3 Å². The number of hydrogen-bond donors (Lipinski definition) is 2. The van der Waals surface area contributed by atoms with Crippen LogP contribution in [-0.4, -0.2) is 30.7 Å². The lowest BCUT2D eigenvalue weighted by Crippen LogP contribution is -2.47. The van der Waals surface area contributed by atoms with E-state index in [-0.39, 0.29) is 0 Å². The molecule has 0 aromatic heterocycles. The third-order valence-electron chi connectivity index (χ3n) is 2.57. The van der Waals surface area contributed by atoms with Crippen LogP contribution in [0.4, 0.5) is 4.79 Å². The minimum Gasteiger partial charge on any atom is -0.444 e. The summed E-state index contributed by atoms with van der Waals surface area (Å²) in [5.41, 5.74) is 0.394. The lowest BCUT2D eigenvalue weighted by Gasteiger charge is -2.21. The second-order valence-electron chi connectivity index (χ2n) is 5.52. The SMILES string of the molecule is CN[C@@H](Cc1ccccc1)C(=O)NC(=O)OC(C)(C)C. The van der Waals surface area contributed by atoms with Gasteiger partial charge in [0.1, 0.15) is 5.60 Å². The zero-order valence-electron chi connectivity index (χ0n) is 12.4. The molecule has 5 nitrogen and oxygen atoms in total. The van der Waals surface area contributed by atoms with Gasteiger partial charge in [0, 0.05) is 0 Å². The molecule has 110 valence electrons. The first-order valence-corrected chi connectivity index (χ1v) is 6.57. The number of carbonyl (C=O) groups is 2. The highest BCUT2D eigenvalue weighted by Gasteiger charge is 2.22. The molecule has 2 N–H and O–H groups in total. The van der Waals surface area contributed by atoms with Gasteiger partial charge in [-0.1, -0.05) is 30.3 Å². The second kappa shape index (κ2) is 7.05. The molecular formula is C15H22N2O3. The van der Waals surface area contributed by atoms with Gasteiger partial charge in [-0.15, -0.1) is 0 Å². The molecule has 0 bridgehead atoms. The van der Waals surface area contributed by atoms with E-state index < -0.39 is 23.6 Å². The van der Waals surface area contributed by atoms with Crippen LogP contribution in [0.15, 0.2) is 30.3 Å². The standard InChI is InChI=1S/C15H22N2O3/c1-15(2,3)20-14(19)17-13(18)12(16-4)10-11-8-6-5-7-9-11/h5-9,12,16H,10H2,1-4H3,(H,17,18,19)/t12-/m0/s1. The number of ether oxygens (including phenoxy) is 1. The minimum absolute atomic E-state index is 0.398. The number of amides is 2. The molecule has 1 aromatic rings. The summed E-state index contributed by atoms with van der Waals surface area (Å²) in [7, 11) is 1.68. The number of alkyl carbamates (subject to hydrolysis) is 1. The highest BCUT2D eigenvalue weighted by molar-refractivity contribution is 5.95. The minimum atomic E-state index is -0.726. The van der Waals surface area contributed by atoms with Crippen molar-refractivity contribution in [2.24, 2.45) is 0 Å². The highest BCUT2D eigenvalue weighted by Crippen LogP contribution is 2.07. The van der Waals surface area contributed by atoms with Gasteiger partial charge in [0.15, 0.2) is 0 Å². The van der Waals surface area contributed by atoms with Crippen LogP contribution in [0.5, 0.6) is 0 Å². The quantitative estimate of drug-likeness (QED) is 0.882. The predicted octanol–water partition coefficient (Wildman–Crippen LogP) is 1.87. The molecule has 0 saturated heterocycles. The van der Waals surface area contributed by atoms with E-state index in [1.807, 2.05) is 30.3 Å². The maximum absolute atomic E-state index is 12.0. The molecule has 1 aromatic carbocycles. The first-order chi connectivity index (χ1) is 9.31. The fraction of sp³-hybridized carbons (Fsp3) is 0.467. The smallest absolute Gasteiger partial charge is 0.414 e. The largest absolute Gasteiger partial charge is 0.444 e. The fourth-order valence-electron chi connectivity index (χ4n) is 1.67. The lowest BCUT2D eigenvalue weighted by atomic mass is 10.1. The summed E-state index contributed by atoms with van der Waals surface area (Å²) in [5.74, 6) is -0.398. The fourth-order valence-corrected chi connectivity index (χ4v) is 1.67. The molecule has 0 aliphatic rings. The lowest BCUT2D eigenvalue weighted by molar-refractivity contribution is -0.122. The van der Waals surface area contributed by atoms with E-state index in [0.717, 1.165) is 5.56 Å². The van der Waals surface area contributed by atoms with Gasteiger partial charge < -0.3 is 10.1 Å². The first kappa shape index (κ1) is 16.2. The van der Waals surface area contributed by atoms with Crippen molar-refractivity contribution in [2.45, 2.75) is 38.8 Å². The van der Waals surface area contributed by atoms with Crippen molar-refractivity contribution in [1.82, 2.24) is 10.6 Å². The first-order valence-electron chi connectivity index (χ1n) is 6.57. The summed E-state index contributed by atoms with van der Waals surface area (Å²) >= 11 is 0. The summed E-state index contributed by atoms with van der Waals surface area (Å²) in [6.07, 6.45) is -0.220. The molecule has 0 fully saturated rings. The number of rotatable bonds is 4. The van der Waals surface area contributed by atoms with Gasteiger partial charge in [-0.05, 0) is 39.8 Å². The third-order valence-corrected chi connectivity index (χ3v) is 2.57. The Morgan fingerprint density at radius 2 is 1.80 bits per heavy atom. The molecule has 5 heteroatoms. The van der Waals surface area contributed by atoms with E-state index in [9.17, 15) is 9.59 Å². The summed E-state index contributed by atoms with van der Waals surface area (Å²) in [6.45, 7) is 5.24. The molecule has 0 aliphatic carbocycles. The van der Waals surface area contributed by atoms with E-state index in [4.69, 9.17) is 4.74 Å². The molecule has 0 spiro atoms. The molecule has 0 saturated carbocycles. The normalized spacial score (nSPS) is 12.6. The summed E-state index contributed by atoms with van der Waals surface area (Å²) in [4.78, 5) is 23.6. The van der Waals surface area contributed by atoms with E-state index in [1.165, 1.54) is 0 Å². The number of nitrogens with one attached hydrogen (secondary N) is 2. The zero-order valence-corrected chi connectivity index (χ0v) is 12.4. The predicted molar refractivity (Wildman–Crippen MR) is 77.4 cm³/mol. The van der Waals surface area contributed by atoms with Crippen molar-refractivity contribution >= 4 is 12.0 Å². The van der Waals surface area contributed by atoms with E-state index in [2.05, 4.69) is 10.6 Å². The molecule has 1 rings (SSSR count). The Bertz CT molecular complexity index is 452. The topological polar surface area (TPSA) is 67.4 Å². The van der Waals surface area contributed by atoms with Crippen LogP contribution in [0, 0.1) is 0 Å². The van der Waals surface area contributed by atoms with Gasteiger partial charge in [-0.2, -0.15) is 0 Å². The van der Waals surface area contributed by atoms with Gasteiger partial charge in [-0.25, -0.2) is 4.79 Å². The Morgan fingerprint density at radius 1 is 1.20 bits per heavy atom. The molecular weight excluding hydrogens is 256 g/mol. The van der Waals surface area contributed by atoms with Crippen molar-refractivity contribution in [3.8, 4) is 0 Å². The van der Waals surface area contributed by atoms with Gasteiger partial charge in [0.2, 0.25) is 5.91 Å². The average molecular weight is 278 g/mol. The number of carbonyl (C=O) groups excluding carboxylic acids is 2. The Labute approximate surface area is 119 Å². The van der Waals surface area contributed by atoms with Crippen molar-refractivity contribution in [3.63, 3.8) is 0 Å². The highest BCUT2D eigenvalue weighted by atomic mass is 16.6. The number of hydrogen-bond acceptors (Lipinski definition) is 4. The van der Waals surface area contributed by atoms with Crippen LogP contribution in [0.2, 0.25) is 0 Å². The maximum atomic E-state index is 12.0. The Morgan fingerprint density at radius 3 is 2.30 bits per heavy atom. The summed E-state index contributed by atoms with van der Waals surface area (Å²) in [6, 6.07) is 9.13. The Kier molecular flexibility index (Phi) is 5.70. The molecule has 0 heterocycles. The Balaban J connectivity index is 2.57. The second-order valence-corrected chi connectivity index (χ2v) is 5.52. The molecule has 1 atom stereocenters. The maximum Gasteiger partial charge on any atom is 0.414 e. The van der Waals surface area contributed by atoms with Crippen molar-refractivity contribution < 1.29 is 14.3 Å². The van der Waals surface area contributed by atoms with Crippen molar-refractivity contribution in [3.05, 3.63) is 35.9 Å². The average Bonchev–Trinajstić information content (AvgIpc) is 2.34. The Hall–Kier alpha value is -1.88. The third kappa shape index (κ3) is 5.84. The molecule has 0 unspecified atom stereocenters. The van der Waals surface area contributed by atoms with Crippen LogP contribution < -0.4 is 10.6 Å². The molecule has 0 aliphatic heterocycles. The van der Waals surface area contributed by atoms with E-state index in [0.29, 0.717) is 6.42 Å². The van der Waals surface area contributed by atoms with Crippen LogP contribution in [-0.2, 0) is 16.0 Å². The number of benzene rings is 1. The van der Waals surface area contributed by atoms with Crippen LogP contribution in [0.3, 0.4) is 0 Å². The van der Waals surface area contributed by atoms with Gasteiger partial charge in [0.25, 0.3) is 0 Å².